The molecule has 0 heterocycles. The van der Waals surface area contributed by atoms with Gasteiger partial charge in [0.1, 0.15) is 0 Å². The molecule has 1 aromatic rings. The number of nitrogens with zero attached hydrogens (tertiary/aromatic N) is 1. The summed E-state index contributed by atoms with van der Waals surface area (Å²) < 4.78 is 0. The topological polar surface area (TPSA) is 69.6 Å². The number of carboxylic acid groups (broad SMARTS) is 1. The second-order valence-electron chi connectivity index (χ2n) is 5.74. The number of urea groups is 1. The van der Waals surface area contributed by atoms with Gasteiger partial charge < -0.3 is 15.3 Å². The first kappa shape index (κ1) is 17.0. The van der Waals surface area contributed by atoms with Crippen molar-refractivity contribution in [3.05, 3.63) is 35.4 Å². The van der Waals surface area contributed by atoms with E-state index in [4.69, 9.17) is 5.11 Å². The second-order valence-corrected chi connectivity index (χ2v) is 5.74. The molecule has 0 saturated carbocycles. The van der Waals surface area contributed by atoms with Crippen LogP contribution in [0.25, 0.3) is 0 Å². The summed E-state index contributed by atoms with van der Waals surface area (Å²) in [6.07, 6.45) is -0.0678. The van der Waals surface area contributed by atoms with Crippen LogP contribution in [0.2, 0.25) is 0 Å². The molecule has 1 atom stereocenters. The van der Waals surface area contributed by atoms with Gasteiger partial charge in [-0.05, 0) is 18.4 Å². The van der Waals surface area contributed by atoms with Crippen LogP contribution in [0.5, 0.6) is 0 Å². The summed E-state index contributed by atoms with van der Waals surface area (Å²) >= 11 is 0. The van der Waals surface area contributed by atoms with Crippen LogP contribution < -0.4 is 5.32 Å². The lowest BCUT2D eigenvalue weighted by atomic mass is 10.0. The summed E-state index contributed by atoms with van der Waals surface area (Å²) in [5, 5.41) is 11.7. The minimum Gasteiger partial charge on any atom is -0.481 e. The number of rotatable bonds is 6. The highest BCUT2D eigenvalue weighted by Gasteiger charge is 2.21. The fourth-order valence-corrected chi connectivity index (χ4v) is 2.07. The van der Waals surface area contributed by atoms with E-state index >= 15 is 0 Å². The average molecular weight is 292 g/mol. The first-order valence-electron chi connectivity index (χ1n) is 7.08. The van der Waals surface area contributed by atoms with Gasteiger partial charge in [-0.1, -0.05) is 43.7 Å². The van der Waals surface area contributed by atoms with Crippen molar-refractivity contribution >= 4 is 12.0 Å². The Bertz CT molecular complexity index is 500. The van der Waals surface area contributed by atoms with Crippen LogP contribution in [-0.2, 0) is 11.3 Å². The lowest BCUT2D eigenvalue weighted by Crippen LogP contribution is -2.45. The Morgan fingerprint density at radius 1 is 1.33 bits per heavy atom. The number of carboxylic acids is 1. The molecule has 0 radical (unpaired) electrons. The number of hydrogen-bond acceptors (Lipinski definition) is 2. The molecule has 1 aromatic carbocycles. The van der Waals surface area contributed by atoms with Crippen molar-refractivity contribution in [3.63, 3.8) is 0 Å². The van der Waals surface area contributed by atoms with Gasteiger partial charge in [0, 0.05) is 19.6 Å². The average Bonchev–Trinajstić information content (AvgIpc) is 2.37. The highest BCUT2D eigenvalue weighted by molar-refractivity contribution is 5.75. The molecule has 5 nitrogen and oxygen atoms in total. The maximum atomic E-state index is 12.2. The van der Waals surface area contributed by atoms with Gasteiger partial charge in [0.15, 0.2) is 0 Å². The monoisotopic (exact) mass is 292 g/mol. The molecule has 2 N–H and O–H groups in total. The van der Waals surface area contributed by atoms with Crippen LogP contribution in [0, 0.1) is 12.8 Å². The minimum atomic E-state index is -0.907. The summed E-state index contributed by atoms with van der Waals surface area (Å²) in [7, 11) is 1.70. The highest BCUT2D eigenvalue weighted by atomic mass is 16.4. The number of hydrogen-bond donors (Lipinski definition) is 2. The molecule has 0 saturated heterocycles. The van der Waals surface area contributed by atoms with Gasteiger partial charge in [0.2, 0.25) is 0 Å². The zero-order chi connectivity index (χ0) is 16.0. The number of carbonyl (C=O) groups excluding carboxylic acids is 1. The molecule has 1 unspecified atom stereocenters. The highest BCUT2D eigenvalue weighted by Crippen LogP contribution is 2.09. The Morgan fingerprint density at radius 3 is 2.52 bits per heavy atom. The number of amides is 2. The number of benzene rings is 1. The predicted molar refractivity (Wildman–Crippen MR) is 82.1 cm³/mol. The SMILES string of the molecule is Cc1cccc(CN(C)C(=O)NC(CC(=O)O)C(C)C)c1. The Morgan fingerprint density at radius 2 is 2.00 bits per heavy atom. The van der Waals surface area contributed by atoms with Gasteiger partial charge in [-0.25, -0.2) is 4.79 Å². The molecule has 0 aromatic heterocycles. The van der Waals surface area contributed by atoms with Crippen molar-refractivity contribution in [2.75, 3.05) is 7.05 Å². The van der Waals surface area contributed by atoms with Crippen molar-refractivity contribution in [2.24, 2.45) is 5.92 Å². The van der Waals surface area contributed by atoms with E-state index in [1.165, 1.54) is 0 Å². The normalized spacial score (nSPS) is 12.0. The molecule has 2 amide bonds. The zero-order valence-electron chi connectivity index (χ0n) is 13.1. The molecular weight excluding hydrogens is 268 g/mol. The largest absolute Gasteiger partial charge is 0.481 e. The maximum absolute atomic E-state index is 12.2. The first-order chi connectivity index (χ1) is 9.79. The summed E-state index contributed by atoms with van der Waals surface area (Å²) in [4.78, 5) is 24.5. The Kier molecular flexibility index (Phi) is 6.21. The fourth-order valence-electron chi connectivity index (χ4n) is 2.07. The summed E-state index contributed by atoms with van der Waals surface area (Å²) in [5.41, 5.74) is 2.19. The van der Waals surface area contributed by atoms with Crippen LogP contribution >= 0.6 is 0 Å². The van der Waals surface area contributed by atoms with Crippen LogP contribution in [0.3, 0.4) is 0 Å². The summed E-state index contributed by atoms with van der Waals surface area (Å²) in [6, 6.07) is 7.34. The van der Waals surface area contributed by atoms with Crippen LogP contribution in [0.4, 0.5) is 4.79 Å². The summed E-state index contributed by atoms with van der Waals surface area (Å²) in [5.74, 6) is -0.840. The molecule has 21 heavy (non-hydrogen) atoms. The standard InChI is InChI=1S/C16H24N2O3/c1-11(2)14(9-15(19)20)17-16(21)18(4)10-13-7-5-6-12(3)8-13/h5-8,11,14H,9-10H2,1-4H3,(H,17,21)(H,19,20). The molecule has 0 fully saturated rings. The lowest BCUT2D eigenvalue weighted by molar-refractivity contribution is -0.137. The van der Waals surface area contributed by atoms with Crippen LogP contribution in [-0.4, -0.2) is 35.1 Å². The molecule has 5 heteroatoms. The fraction of sp³-hybridized carbons (Fsp3) is 0.500. The molecule has 0 aliphatic heterocycles. The molecule has 116 valence electrons. The molecular formula is C16H24N2O3. The Balaban J connectivity index is 2.62. The molecule has 0 bridgehead atoms. The number of aliphatic carboxylic acids is 1. The summed E-state index contributed by atoms with van der Waals surface area (Å²) in [6.45, 7) is 6.29. The van der Waals surface area contributed by atoms with Gasteiger partial charge in [-0.2, -0.15) is 0 Å². The van der Waals surface area contributed by atoms with E-state index in [9.17, 15) is 9.59 Å². The van der Waals surface area contributed by atoms with Crippen molar-refractivity contribution in [3.8, 4) is 0 Å². The van der Waals surface area contributed by atoms with Gasteiger partial charge in [0.05, 0.1) is 6.42 Å². The second kappa shape index (κ2) is 7.67. The number of carbonyl (C=O) groups is 2. The molecule has 0 spiro atoms. The van der Waals surface area contributed by atoms with E-state index in [1.54, 1.807) is 11.9 Å². The van der Waals surface area contributed by atoms with Crippen molar-refractivity contribution in [1.82, 2.24) is 10.2 Å². The minimum absolute atomic E-state index is 0.0671. The van der Waals surface area contributed by atoms with E-state index in [0.29, 0.717) is 6.54 Å². The van der Waals surface area contributed by atoms with Crippen LogP contribution in [0.15, 0.2) is 24.3 Å². The first-order valence-corrected chi connectivity index (χ1v) is 7.08. The van der Waals surface area contributed by atoms with Crippen molar-refractivity contribution in [1.29, 1.82) is 0 Å². The Hall–Kier alpha value is -2.04. The van der Waals surface area contributed by atoms with E-state index < -0.39 is 5.97 Å². The van der Waals surface area contributed by atoms with Gasteiger partial charge in [-0.15, -0.1) is 0 Å². The van der Waals surface area contributed by atoms with Crippen LogP contribution in [0.1, 0.15) is 31.4 Å². The van der Waals surface area contributed by atoms with Gasteiger partial charge >= 0.3 is 12.0 Å². The van der Waals surface area contributed by atoms with Gasteiger partial charge in [0.25, 0.3) is 0 Å². The van der Waals surface area contributed by atoms with E-state index in [2.05, 4.69) is 5.32 Å². The number of aryl methyl sites for hydroxylation is 1. The molecule has 1 rings (SSSR count). The quantitative estimate of drug-likeness (QED) is 0.847. The predicted octanol–water partition coefficient (Wildman–Crippen LogP) is 2.64. The third kappa shape index (κ3) is 5.85. The van der Waals surface area contributed by atoms with Crippen molar-refractivity contribution in [2.45, 2.75) is 39.8 Å². The number of nitrogens with one attached hydrogen (secondary N) is 1. The van der Waals surface area contributed by atoms with E-state index in [0.717, 1.165) is 11.1 Å². The third-order valence-electron chi connectivity index (χ3n) is 3.36. The third-order valence-corrected chi connectivity index (χ3v) is 3.36. The molecule has 0 aliphatic rings. The van der Waals surface area contributed by atoms with Crippen molar-refractivity contribution < 1.29 is 14.7 Å². The van der Waals surface area contributed by atoms with E-state index in [1.807, 2.05) is 45.0 Å². The van der Waals surface area contributed by atoms with E-state index in [-0.39, 0.29) is 24.4 Å². The maximum Gasteiger partial charge on any atom is 0.317 e. The lowest BCUT2D eigenvalue weighted by Gasteiger charge is -2.25. The zero-order valence-corrected chi connectivity index (χ0v) is 13.1. The smallest absolute Gasteiger partial charge is 0.317 e. The Labute approximate surface area is 126 Å². The van der Waals surface area contributed by atoms with Gasteiger partial charge in [-0.3, -0.25) is 4.79 Å². The molecule has 0 aliphatic carbocycles.